The van der Waals surface area contributed by atoms with Gasteiger partial charge in [-0.05, 0) is 36.2 Å². The third-order valence-corrected chi connectivity index (χ3v) is 7.29. The van der Waals surface area contributed by atoms with Crippen molar-refractivity contribution in [2.45, 2.75) is 23.6 Å². The molecule has 2 heterocycles. The zero-order valence-electron chi connectivity index (χ0n) is 16.8. The monoisotopic (exact) mass is 456 g/mol. The molecule has 0 aromatic heterocycles. The number of rotatable bonds is 4. The molecule has 1 atom stereocenters. The van der Waals surface area contributed by atoms with Gasteiger partial charge in [-0.3, -0.25) is 4.90 Å². The fraction of sp³-hybridized carbons (Fsp3) is 0.429. The number of benzene rings is 2. The SMILES string of the molecule is O=S(=O)(c1ccccc1F)N1CCOC2(CN(Cc3ccc(F)c(F)c3)CCCO2)C1. The summed E-state index contributed by atoms with van der Waals surface area (Å²) < 4.78 is 80.1. The Balaban J connectivity index is 1.54. The summed E-state index contributed by atoms with van der Waals surface area (Å²) >= 11 is 0. The van der Waals surface area contributed by atoms with Crippen molar-refractivity contribution in [3.63, 3.8) is 0 Å². The first-order valence-electron chi connectivity index (χ1n) is 9.98. The molecule has 0 N–H and O–H groups in total. The summed E-state index contributed by atoms with van der Waals surface area (Å²) in [6, 6.07) is 8.97. The number of halogens is 3. The van der Waals surface area contributed by atoms with E-state index in [2.05, 4.69) is 0 Å². The van der Waals surface area contributed by atoms with E-state index in [-0.39, 0.29) is 31.1 Å². The van der Waals surface area contributed by atoms with Crippen molar-refractivity contribution < 1.29 is 31.1 Å². The normalized spacial score (nSPS) is 23.7. The highest BCUT2D eigenvalue weighted by Gasteiger charge is 2.44. The summed E-state index contributed by atoms with van der Waals surface area (Å²) in [5.74, 6) is -3.88. The number of hydrogen-bond donors (Lipinski definition) is 0. The van der Waals surface area contributed by atoms with E-state index in [1.807, 2.05) is 4.90 Å². The lowest BCUT2D eigenvalue weighted by atomic mass is 10.1. The minimum Gasteiger partial charge on any atom is -0.347 e. The number of nitrogens with zero attached hydrogens (tertiary/aromatic N) is 2. The van der Waals surface area contributed by atoms with E-state index in [0.29, 0.717) is 31.7 Å². The van der Waals surface area contributed by atoms with Gasteiger partial charge in [0.1, 0.15) is 10.7 Å². The Bertz CT molecular complexity index is 1050. The number of hydrogen-bond acceptors (Lipinski definition) is 5. The van der Waals surface area contributed by atoms with E-state index >= 15 is 0 Å². The molecule has 1 unspecified atom stereocenters. The van der Waals surface area contributed by atoms with Crippen LogP contribution < -0.4 is 0 Å². The molecule has 2 aromatic rings. The quantitative estimate of drug-likeness (QED) is 0.708. The van der Waals surface area contributed by atoms with Gasteiger partial charge < -0.3 is 9.47 Å². The van der Waals surface area contributed by atoms with Crippen LogP contribution in [-0.2, 0) is 26.0 Å². The predicted octanol–water partition coefficient (Wildman–Crippen LogP) is 2.74. The lowest BCUT2D eigenvalue weighted by Crippen LogP contribution is -2.59. The van der Waals surface area contributed by atoms with Crippen molar-refractivity contribution in [1.82, 2.24) is 9.21 Å². The minimum absolute atomic E-state index is 0.0744. The van der Waals surface area contributed by atoms with E-state index in [1.54, 1.807) is 0 Å². The predicted molar refractivity (Wildman–Crippen MR) is 106 cm³/mol. The van der Waals surface area contributed by atoms with Gasteiger partial charge >= 0.3 is 0 Å². The van der Waals surface area contributed by atoms with Crippen molar-refractivity contribution >= 4 is 10.0 Å². The van der Waals surface area contributed by atoms with Crippen LogP contribution in [0.5, 0.6) is 0 Å². The topological polar surface area (TPSA) is 59.1 Å². The maximum atomic E-state index is 14.2. The average molecular weight is 456 g/mol. The zero-order chi connectivity index (χ0) is 22.1. The van der Waals surface area contributed by atoms with Crippen molar-refractivity contribution in [3.8, 4) is 0 Å². The second-order valence-electron chi connectivity index (χ2n) is 7.69. The van der Waals surface area contributed by atoms with Crippen LogP contribution in [-0.4, -0.2) is 62.8 Å². The van der Waals surface area contributed by atoms with Gasteiger partial charge in [0.25, 0.3) is 0 Å². The first kappa shape index (κ1) is 22.2. The summed E-state index contributed by atoms with van der Waals surface area (Å²) in [6.45, 7) is 1.59. The van der Waals surface area contributed by atoms with Crippen LogP contribution in [0, 0.1) is 17.5 Å². The molecule has 0 aliphatic carbocycles. The lowest BCUT2D eigenvalue weighted by molar-refractivity contribution is -0.257. The fourth-order valence-electron chi connectivity index (χ4n) is 3.95. The smallest absolute Gasteiger partial charge is 0.246 e. The van der Waals surface area contributed by atoms with Crippen LogP contribution in [0.3, 0.4) is 0 Å². The molecule has 0 bridgehead atoms. The van der Waals surface area contributed by atoms with Crippen molar-refractivity contribution in [2.75, 3.05) is 39.4 Å². The van der Waals surface area contributed by atoms with Crippen LogP contribution in [0.4, 0.5) is 13.2 Å². The summed E-state index contributed by atoms with van der Waals surface area (Å²) in [5.41, 5.74) is 0.586. The molecule has 168 valence electrons. The highest BCUT2D eigenvalue weighted by Crippen LogP contribution is 2.29. The maximum absolute atomic E-state index is 14.2. The molecule has 2 aromatic carbocycles. The summed E-state index contributed by atoms with van der Waals surface area (Å²) in [7, 11) is -4.08. The second-order valence-corrected chi connectivity index (χ2v) is 9.60. The molecule has 1 spiro atoms. The molecular weight excluding hydrogens is 433 g/mol. The van der Waals surface area contributed by atoms with Gasteiger partial charge in [-0.25, -0.2) is 21.6 Å². The number of ether oxygens (including phenoxy) is 2. The van der Waals surface area contributed by atoms with Crippen LogP contribution in [0.25, 0.3) is 0 Å². The third kappa shape index (κ3) is 4.78. The van der Waals surface area contributed by atoms with Crippen molar-refractivity contribution in [1.29, 1.82) is 0 Å². The van der Waals surface area contributed by atoms with E-state index < -0.39 is 33.3 Å². The minimum atomic E-state index is -4.08. The van der Waals surface area contributed by atoms with E-state index in [1.165, 1.54) is 28.6 Å². The van der Waals surface area contributed by atoms with Gasteiger partial charge in [0.15, 0.2) is 17.4 Å². The first-order valence-corrected chi connectivity index (χ1v) is 11.4. The Hall–Kier alpha value is -1.98. The highest BCUT2D eigenvalue weighted by atomic mass is 32.2. The molecule has 0 amide bonds. The van der Waals surface area contributed by atoms with Crippen LogP contribution in [0.2, 0.25) is 0 Å². The van der Waals surface area contributed by atoms with Gasteiger partial charge in [0.05, 0.1) is 26.3 Å². The Morgan fingerprint density at radius 3 is 2.45 bits per heavy atom. The molecule has 10 heteroatoms. The van der Waals surface area contributed by atoms with Crippen LogP contribution >= 0.6 is 0 Å². The van der Waals surface area contributed by atoms with Gasteiger partial charge in [0.2, 0.25) is 10.0 Å². The van der Waals surface area contributed by atoms with Gasteiger partial charge in [0, 0.05) is 19.6 Å². The van der Waals surface area contributed by atoms with E-state index in [0.717, 1.165) is 18.2 Å². The standard InChI is InChI=1S/C21H23F3N2O4S/c22-17-7-6-16(12-19(17)24)13-25-8-3-10-29-21(14-25)15-26(9-11-30-21)31(27,28)20-5-2-1-4-18(20)23/h1-2,4-7,12H,3,8-11,13-15H2. The molecule has 2 fully saturated rings. The Labute approximate surface area is 179 Å². The van der Waals surface area contributed by atoms with Gasteiger partial charge in [-0.15, -0.1) is 0 Å². The van der Waals surface area contributed by atoms with E-state index in [9.17, 15) is 21.6 Å². The largest absolute Gasteiger partial charge is 0.347 e. The Kier molecular flexibility index (Phi) is 6.36. The first-order chi connectivity index (χ1) is 14.8. The lowest BCUT2D eigenvalue weighted by Gasteiger charge is -2.42. The van der Waals surface area contributed by atoms with Crippen molar-refractivity contribution in [2.24, 2.45) is 0 Å². The third-order valence-electron chi connectivity index (χ3n) is 5.42. The maximum Gasteiger partial charge on any atom is 0.246 e. The molecule has 0 saturated carbocycles. The zero-order valence-corrected chi connectivity index (χ0v) is 17.6. The molecule has 0 radical (unpaired) electrons. The second kappa shape index (κ2) is 8.87. The molecule has 4 rings (SSSR count). The van der Waals surface area contributed by atoms with Crippen LogP contribution in [0.1, 0.15) is 12.0 Å². The molecule has 2 aliphatic heterocycles. The summed E-state index contributed by atoms with van der Waals surface area (Å²) in [6.07, 6.45) is 0.662. The van der Waals surface area contributed by atoms with Gasteiger partial charge in [-0.2, -0.15) is 4.31 Å². The summed E-state index contributed by atoms with van der Waals surface area (Å²) in [5, 5.41) is 0. The Morgan fingerprint density at radius 1 is 0.903 bits per heavy atom. The number of sulfonamides is 1. The summed E-state index contributed by atoms with van der Waals surface area (Å²) in [4.78, 5) is 1.57. The average Bonchev–Trinajstić information content (AvgIpc) is 2.93. The highest BCUT2D eigenvalue weighted by molar-refractivity contribution is 7.89. The van der Waals surface area contributed by atoms with E-state index in [4.69, 9.17) is 9.47 Å². The molecule has 31 heavy (non-hydrogen) atoms. The Morgan fingerprint density at radius 2 is 1.68 bits per heavy atom. The molecule has 6 nitrogen and oxygen atoms in total. The van der Waals surface area contributed by atoms with Gasteiger partial charge in [-0.1, -0.05) is 18.2 Å². The van der Waals surface area contributed by atoms with Crippen molar-refractivity contribution in [3.05, 3.63) is 65.5 Å². The number of morpholine rings is 1. The fourth-order valence-corrected chi connectivity index (χ4v) is 5.48. The molecule has 2 saturated heterocycles. The van der Waals surface area contributed by atoms with Crippen LogP contribution in [0.15, 0.2) is 47.4 Å². The molecular formula is C21H23F3N2O4S. The molecule has 2 aliphatic rings.